The molecular formula is C17H25FN2O2. The van der Waals surface area contributed by atoms with Crippen molar-refractivity contribution >= 4 is 11.8 Å². The summed E-state index contributed by atoms with van der Waals surface area (Å²) in [6.07, 6.45) is 1.40. The number of piperidine rings is 1. The van der Waals surface area contributed by atoms with E-state index in [4.69, 9.17) is 4.74 Å². The Labute approximate surface area is 131 Å². The molecule has 0 unspecified atom stereocenters. The van der Waals surface area contributed by atoms with Crippen molar-refractivity contribution < 1.29 is 13.9 Å². The summed E-state index contributed by atoms with van der Waals surface area (Å²) >= 11 is 0. The number of hydrogen-bond acceptors (Lipinski definition) is 3. The lowest BCUT2D eigenvalue weighted by Gasteiger charge is -2.34. The minimum Gasteiger partial charge on any atom is -0.444 e. The van der Waals surface area contributed by atoms with E-state index in [-0.39, 0.29) is 18.0 Å². The number of ether oxygens (including phenoxy) is 1. The first-order chi connectivity index (χ1) is 10.3. The van der Waals surface area contributed by atoms with E-state index in [1.165, 1.54) is 6.07 Å². The molecule has 5 heteroatoms. The molecule has 1 fully saturated rings. The number of nitrogens with zero attached hydrogens (tertiary/aromatic N) is 1. The van der Waals surface area contributed by atoms with E-state index in [1.807, 2.05) is 26.8 Å². The molecule has 1 amide bonds. The van der Waals surface area contributed by atoms with Crippen molar-refractivity contribution in [3.63, 3.8) is 0 Å². The van der Waals surface area contributed by atoms with Gasteiger partial charge in [-0.3, -0.25) is 0 Å². The number of halogens is 1. The lowest BCUT2D eigenvalue weighted by atomic mass is 10.0. The summed E-state index contributed by atoms with van der Waals surface area (Å²) in [6.45, 7) is 8.68. The molecule has 4 nitrogen and oxygen atoms in total. The number of nitrogens with one attached hydrogen (secondary N) is 1. The van der Waals surface area contributed by atoms with Gasteiger partial charge in [0.2, 0.25) is 0 Å². The average molecular weight is 308 g/mol. The van der Waals surface area contributed by atoms with Crippen molar-refractivity contribution in [2.24, 2.45) is 0 Å². The summed E-state index contributed by atoms with van der Waals surface area (Å²) in [5.41, 5.74) is 0.998. The van der Waals surface area contributed by atoms with Gasteiger partial charge < -0.3 is 15.0 Å². The van der Waals surface area contributed by atoms with Crippen molar-refractivity contribution in [2.45, 2.75) is 52.2 Å². The molecule has 0 saturated carbocycles. The molecule has 2 rings (SSSR count). The normalized spacial score (nSPS) is 16.5. The number of anilines is 1. The first-order valence-corrected chi connectivity index (χ1v) is 7.76. The standard InChI is InChI=1S/C17H25FN2O2/c1-12-14(18)6-5-7-15(12)19-13-8-10-20(11-9-13)16(21)22-17(2,3)4/h5-7,13,19H,8-11H2,1-4H3. The predicted octanol–water partition coefficient (Wildman–Crippen LogP) is 3.95. The van der Waals surface area contributed by atoms with E-state index in [2.05, 4.69) is 5.32 Å². The van der Waals surface area contributed by atoms with Crippen molar-refractivity contribution in [1.82, 2.24) is 4.90 Å². The van der Waals surface area contributed by atoms with Crippen LogP contribution in [0, 0.1) is 12.7 Å². The Morgan fingerprint density at radius 3 is 2.55 bits per heavy atom. The second kappa shape index (κ2) is 6.55. The van der Waals surface area contributed by atoms with E-state index in [0.717, 1.165) is 18.5 Å². The van der Waals surface area contributed by atoms with Crippen LogP contribution in [0.3, 0.4) is 0 Å². The van der Waals surface area contributed by atoms with E-state index < -0.39 is 5.60 Å². The molecule has 0 atom stereocenters. The van der Waals surface area contributed by atoms with Crippen molar-refractivity contribution in [3.8, 4) is 0 Å². The van der Waals surface area contributed by atoms with Gasteiger partial charge in [-0.1, -0.05) is 6.07 Å². The summed E-state index contributed by atoms with van der Waals surface area (Å²) in [5.74, 6) is -0.198. The molecule has 1 aliphatic rings. The number of amides is 1. The van der Waals surface area contributed by atoms with E-state index in [1.54, 1.807) is 17.9 Å². The third-order valence-corrected chi connectivity index (χ3v) is 3.77. The minimum absolute atomic E-state index is 0.198. The first kappa shape index (κ1) is 16.6. The number of carbonyl (C=O) groups excluding carboxylic acids is 1. The van der Waals surface area contributed by atoms with E-state index in [9.17, 15) is 9.18 Å². The summed E-state index contributed by atoms with van der Waals surface area (Å²) in [6, 6.07) is 5.31. The molecule has 1 aromatic rings. The number of likely N-dealkylation sites (tertiary alicyclic amines) is 1. The first-order valence-electron chi connectivity index (χ1n) is 7.76. The summed E-state index contributed by atoms with van der Waals surface area (Å²) in [5, 5.41) is 3.38. The third kappa shape index (κ3) is 4.36. The summed E-state index contributed by atoms with van der Waals surface area (Å²) in [7, 11) is 0. The molecular weight excluding hydrogens is 283 g/mol. The van der Waals surface area contributed by atoms with Gasteiger partial charge in [-0.25, -0.2) is 9.18 Å². The van der Waals surface area contributed by atoms with Crippen LogP contribution in [0.25, 0.3) is 0 Å². The topological polar surface area (TPSA) is 41.6 Å². The van der Waals surface area contributed by atoms with Crippen molar-refractivity contribution in [1.29, 1.82) is 0 Å². The molecule has 122 valence electrons. The van der Waals surface area contributed by atoms with Gasteiger partial charge in [0.15, 0.2) is 0 Å². The Morgan fingerprint density at radius 2 is 1.95 bits per heavy atom. The number of rotatable bonds is 2. The van der Waals surface area contributed by atoms with Gasteiger partial charge in [-0.2, -0.15) is 0 Å². The Kier molecular flexibility index (Phi) is 4.94. The average Bonchev–Trinajstić information content (AvgIpc) is 2.43. The van der Waals surface area contributed by atoms with Crippen molar-refractivity contribution in [3.05, 3.63) is 29.6 Å². The van der Waals surface area contributed by atoms with Crippen LogP contribution in [0.2, 0.25) is 0 Å². The molecule has 1 saturated heterocycles. The zero-order valence-corrected chi connectivity index (χ0v) is 13.8. The molecule has 22 heavy (non-hydrogen) atoms. The fourth-order valence-corrected chi connectivity index (χ4v) is 2.52. The van der Waals surface area contributed by atoms with Gasteiger partial charge in [0.05, 0.1) is 0 Å². The van der Waals surface area contributed by atoms with Crippen LogP contribution in [0.5, 0.6) is 0 Å². The van der Waals surface area contributed by atoms with Crippen LogP contribution < -0.4 is 5.32 Å². The number of benzene rings is 1. The van der Waals surface area contributed by atoms with Gasteiger partial charge in [0, 0.05) is 30.4 Å². The highest BCUT2D eigenvalue weighted by molar-refractivity contribution is 5.68. The maximum absolute atomic E-state index is 13.5. The van der Waals surface area contributed by atoms with E-state index in [0.29, 0.717) is 18.7 Å². The second-order valence-corrected chi connectivity index (χ2v) is 6.80. The van der Waals surface area contributed by atoms with Gasteiger partial charge in [-0.05, 0) is 52.7 Å². The molecule has 1 N–H and O–H groups in total. The Bertz CT molecular complexity index is 532. The lowest BCUT2D eigenvalue weighted by molar-refractivity contribution is 0.0210. The molecule has 0 radical (unpaired) electrons. The molecule has 0 aromatic heterocycles. The Hall–Kier alpha value is -1.78. The second-order valence-electron chi connectivity index (χ2n) is 6.80. The number of hydrogen-bond donors (Lipinski definition) is 1. The minimum atomic E-state index is -0.467. The van der Waals surface area contributed by atoms with Gasteiger partial charge in [0.25, 0.3) is 0 Å². The molecule has 1 heterocycles. The maximum Gasteiger partial charge on any atom is 0.410 e. The van der Waals surface area contributed by atoms with E-state index >= 15 is 0 Å². The number of carbonyl (C=O) groups is 1. The summed E-state index contributed by atoms with van der Waals surface area (Å²) in [4.78, 5) is 13.7. The van der Waals surface area contributed by atoms with Crippen LogP contribution >= 0.6 is 0 Å². The fourth-order valence-electron chi connectivity index (χ4n) is 2.52. The quantitative estimate of drug-likeness (QED) is 0.899. The predicted molar refractivity (Wildman–Crippen MR) is 85.6 cm³/mol. The van der Waals surface area contributed by atoms with Crippen LogP contribution in [0.4, 0.5) is 14.9 Å². The van der Waals surface area contributed by atoms with Crippen LogP contribution in [0.1, 0.15) is 39.2 Å². The largest absolute Gasteiger partial charge is 0.444 e. The zero-order chi connectivity index (χ0) is 16.3. The van der Waals surface area contributed by atoms with Crippen molar-refractivity contribution in [2.75, 3.05) is 18.4 Å². The maximum atomic E-state index is 13.5. The monoisotopic (exact) mass is 308 g/mol. The smallest absolute Gasteiger partial charge is 0.410 e. The molecule has 0 aliphatic carbocycles. The van der Waals surface area contributed by atoms with Crippen LogP contribution in [0.15, 0.2) is 18.2 Å². The summed E-state index contributed by atoms with van der Waals surface area (Å²) < 4.78 is 18.9. The van der Waals surface area contributed by atoms with Gasteiger partial charge >= 0.3 is 6.09 Å². The molecule has 0 bridgehead atoms. The Balaban J connectivity index is 1.87. The third-order valence-electron chi connectivity index (χ3n) is 3.77. The highest BCUT2D eigenvalue weighted by Crippen LogP contribution is 2.22. The fraction of sp³-hybridized carbons (Fsp3) is 0.588. The highest BCUT2D eigenvalue weighted by Gasteiger charge is 2.26. The lowest BCUT2D eigenvalue weighted by Crippen LogP contribution is -2.44. The zero-order valence-electron chi connectivity index (χ0n) is 13.8. The highest BCUT2D eigenvalue weighted by atomic mass is 19.1. The van der Waals surface area contributed by atoms with Crippen LogP contribution in [-0.4, -0.2) is 35.7 Å². The SMILES string of the molecule is Cc1c(F)cccc1NC1CCN(C(=O)OC(C)(C)C)CC1. The molecule has 1 aliphatic heterocycles. The van der Waals surface area contributed by atoms with Gasteiger partial charge in [-0.15, -0.1) is 0 Å². The molecule has 1 aromatic carbocycles. The molecule has 0 spiro atoms. The van der Waals surface area contributed by atoms with Gasteiger partial charge in [0.1, 0.15) is 11.4 Å². The Morgan fingerprint density at radius 1 is 1.32 bits per heavy atom. The van der Waals surface area contributed by atoms with Crippen LogP contribution in [-0.2, 0) is 4.74 Å².